The van der Waals surface area contributed by atoms with Crippen LogP contribution in [0, 0.1) is 0 Å². The molecule has 0 aliphatic carbocycles. The summed E-state index contributed by atoms with van der Waals surface area (Å²) in [6, 6.07) is 7.53. The summed E-state index contributed by atoms with van der Waals surface area (Å²) in [7, 11) is 3.87. The normalized spacial score (nSPS) is 13.0. The maximum Gasteiger partial charge on any atom is 0.168 e. The van der Waals surface area contributed by atoms with Gasteiger partial charge in [0.15, 0.2) is 17.9 Å². The number of carbonyl (C=O) groups excluding carboxylic acids is 1. The number of hydrogen-bond acceptors (Lipinski definition) is 5. The Bertz CT molecular complexity index is 626. The Hall–Kier alpha value is -2.43. The second kappa shape index (κ2) is 3.80. The van der Waals surface area contributed by atoms with Gasteiger partial charge in [-0.3, -0.25) is 4.79 Å². The standard InChI is InChI=1S/C13H12N4O/c1-16-10-4-3-7-14-12(10)17(2)13-11(16)6-5-9(8-18)15-13/h3-8H,1-2H3. The molecule has 0 atom stereocenters. The van der Waals surface area contributed by atoms with E-state index in [1.807, 2.05) is 42.1 Å². The van der Waals surface area contributed by atoms with Crippen LogP contribution in [0.5, 0.6) is 0 Å². The van der Waals surface area contributed by atoms with Crippen molar-refractivity contribution in [2.45, 2.75) is 0 Å². The summed E-state index contributed by atoms with van der Waals surface area (Å²) in [5.74, 6) is 1.58. The smallest absolute Gasteiger partial charge is 0.168 e. The largest absolute Gasteiger partial charge is 0.339 e. The van der Waals surface area contributed by atoms with Crippen molar-refractivity contribution < 1.29 is 4.79 Å². The van der Waals surface area contributed by atoms with Gasteiger partial charge in [0.1, 0.15) is 5.69 Å². The molecule has 5 nitrogen and oxygen atoms in total. The van der Waals surface area contributed by atoms with Crippen LogP contribution in [0.4, 0.5) is 23.0 Å². The van der Waals surface area contributed by atoms with E-state index in [1.54, 1.807) is 12.3 Å². The zero-order chi connectivity index (χ0) is 12.7. The third-order valence-electron chi connectivity index (χ3n) is 3.12. The molecule has 0 amide bonds. The lowest BCUT2D eigenvalue weighted by Gasteiger charge is -2.34. The number of hydrogen-bond donors (Lipinski definition) is 0. The number of aldehydes is 1. The third-order valence-corrected chi connectivity index (χ3v) is 3.12. The highest BCUT2D eigenvalue weighted by atomic mass is 16.1. The highest BCUT2D eigenvalue weighted by Crippen LogP contribution is 2.43. The maximum atomic E-state index is 10.8. The van der Waals surface area contributed by atoms with Crippen LogP contribution >= 0.6 is 0 Å². The average molecular weight is 240 g/mol. The van der Waals surface area contributed by atoms with Gasteiger partial charge in [0.25, 0.3) is 0 Å². The molecule has 2 aromatic heterocycles. The van der Waals surface area contributed by atoms with Crippen LogP contribution in [0.25, 0.3) is 0 Å². The van der Waals surface area contributed by atoms with E-state index < -0.39 is 0 Å². The molecule has 0 unspecified atom stereocenters. The van der Waals surface area contributed by atoms with Crippen molar-refractivity contribution in [1.29, 1.82) is 0 Å². The monoisotopic (exact) mass is 240 g/mol. The van der Waals surface area contributed by atoms with Crippen molar-refractivity contribution in [3.63, 3.8) is 0 Å². The molecule has 1 aliphatic rings. The number of nitrogens with zero attached hydrogens (tertiary/aromatic N) is 4. The molecule has 0 saturated carbocycles. The lowest BCUT2D eigenvalue weighted by molar-refractivity contribution is 0.111. The van der Waals surface area contributed by atoms with Gasteiger partial charge in [0.05, 0.1) is 11.4 Å². The quantitative estimate of drug-likeness (QED) is 0.715. The fraction of sp³-hybridized carbons (Fsp3) is 0.154. The Morgan fingerprint density at radius 2 is 1.83 bits per heavy atom. The van der Waals surface area contributed by atoms with Gasteiger partial charge in [-0.2, -0.15) is 0 Å². The van der Waals surface area contributed by atoms with E-state index in [0.29, 0.717) is 5.69 Å². The first-order valence-corrected chi connectivity index (χ1v) is 5.61. The van der Waals surface area contributed by atoms with Gasteiger partial charge in [-0.1, -0.05) is 0 Å². The Labute approximate surface area is 105 Å². The van der Waals surface area contributed by atoms with Crippen LogP contribution in [-0.2, 0) is 0 Å². The maximum absolute atomic E-state index is 10.8. The third kappa shape index (κ3) is 1.37. The van der Waals surface area contributed by atoms with Crippen molar-refractivity contribution in [2.75, 3.05) is 23.9 Å². The molecular weight excluding hydrogens is 228 g/mol. The molecule has 0 bridgehead atoms. The number of fused-ring (bicyclic) bond motifs is 2. The van der Waals surface area contributed by atoms with E-state index in [4.69, 9.17) is 0 Å². The Morgan fingerprint density at radius 3 is 2.61 bits per heavy atom. The summed E-state index contributed by atoms with van der Waals surface area (Å²) in [6.45, 7) is 0. The van der Waals surface area contributed by atoms with Crippen LogP contribution in [0.3, 0.4) is 0 Å². The molecule has 0 saturated heterocycles. The van der Waals surface area contributed by atoms with Crippen LogP contribution in [0.15, 0.2) is 30.5 Å². The number of carbonyl (C=O) groups is 1. The number of pyridine rings is 2. The molecule has 3 heterocycles. The lowest BCUT2D eigenvalue weighted by atomic mass is 10.2. The highest BCUT2D eigenvalue weighted by molar-refractivity contribution is 5.90. The van der Waals surface area contributed by atoms with Gasteiger partial charge < -0.3 is 9.80 Å². The van der Waals surface area contributed by atoms with Crippen LogP contribution in [-0.4, -0.2) is 30.3 Å². The molecule has 1 aliphatic heterocycles. The van der Waals surface area contributed by atoms with Crippen molar-refractivity contribution in [3.8, 4) is 0 Å². The van der Waals surface area contributed by atoms with Crippen LogP contribution in [0.2, 0.25) is 0 Å². The number of rotatable bonds is 1. The van der Waals surface area contributed by atoms with E-state index in [-0.39, 0.29) is 0 Å². The fourth-order valence-electron chi connectivity index (χ4n) is 2.17. The number of anilines is 4. The van der Waals surface area contributed by atoms with E-state index in [2.05, 4.69) is 9.97 Å². The molecule has 3 rings (SSSR count). The first-order valence-electron chi connectivity index (χ1n) is 5.61. The average Bonchev–Trinajstić information content (AvgIpc) is 2.44. The Balaban J connectivity index is 2.23. The molecule has 0 fully saturated rings. The molecule has 0 aromatic carbocycles. The zero-order valence-corrected chi connectivity index (χ0v) is 10.2. The topological polar surface area (TPSA) is 49.3 Å². The molecule has 2 aromatic rings. The molecule has 0 N–H and O–H groups in total. The van der Waals surface area contributed by atoms with Crippen molar-refractivity contribution >= 4 is 29.3 Å². The van der Waals surface area contributed by atoms with E-state index in [9.17, 15) is 4.79 Å². The first-order chi connectivity index (χ1) is 8.72. The lowest BCUT2D eigenvalue weighted by Crippen LogP contribution is -2.26. The van der Waals surface area contributed by atoms with Gasteiger partial charge in [-0.25, -0.2) is 9.97 Å². The summed E-state index contributed by atoms with van der Waals surface area (Å²) in [4.78, 5) is 23.4. The van der Waals surface area contributed by atoms with Crippen LogP contribution in [0.1, 0.15) is 10.5 Å². The Morgan fingerprint density at radius 1 is 1.06 bits per heavy atom. The minimum absolute atomic E-state index is 0.424. The number of aromatic nitrogens is 2. The van der Waals surface area contributed by atoms with E-state index >= 15 is 0 Å². The predicted molar refractivity (Wildman–Crippen MR) is 70.0 cm³/mol. The van der Waals surface area contributed by atoms with Gasteiger partial charge >= 0.3 is 0 Å². The minimum Gasteiger partial charge on any atom is -0.339 e. The molecule has 0 spiro atoms. The molecule has 5 heteroatoms. The van der Waals surface area contributed by atoms with Gasteiger partial charge in [0.2, 0.25) is 0 Å². The second-order valence-electron chi connectivity index (χ2n) is 4.16. The second-order valence-corrected chi connectivity index (χ2v) is 4.16. The van der Waals surface area contributed by atoms with Crippen LogP contribution < -0.4 is 9.80 Å². The van der Waals surface area contributed by atoms with E-state index in [0.717, 1.165) is 29.3 Å². The summed E-state index contributed by atoms with van der Waals surface area (Å²) in [6.07, 6.45) is 2.50. The fourth-order valence-corrected chi connectivity index (χ4v) is 2.17. The predicted octanol–water partition coefficient (Wildman–Crippen LogP) is 2.14. The SMILES string of the molecule is CN1c2cccnc2N(C)c2nc(C=O)ccc21. The summed E-state index contributed by atoms with van der Waals surface area (Å²) >= 11 is 0. The van der Waals surface area contributed by atoms with E-state index in [1.165, 1.54) is 0 Å². The first kappa shape index (κ1) is 10.7. The highest BCUT2D eigenvalue weighted by Gasteiger charge is 2.26. The van der Waals surface area contributed by atoms with Gasteiger partial charge in [0, 0.05) is 20.3 Å². The summed E-state index contributed by atoms with van der Waals surface area (Å²) in [5.41, 5.74) is 2.41. The minimum atomic E-state index is 0.424. The molecule has 18 heavy (non-hydrogen) atoms. The van der Waals surface area contributed by atoms with Gasteiger partial charge in [-0.05, 0) is 24.3 Å². The van der Waals surface area contributed by atoms with Crippen molar-refractivity contribution in [3.05, 3.63) is 36.2 Å². The zero-order valence-electron chi connectivity index (χ0n) is 10.2. The van der Waals surface area contributed by atoms with Gasteiger partial charge in [-0.15, -0.1) is 0 Å². The molecule has 0 radical (unpaired) electrons. The summed E-state index contributed by atoms with van der Waals surface area (Å²) < 4.78 is 0. The van der Waals surface area contributed by atoms with Crippen molar-refractivity contribution in [1.82, 2.24) is 9.97 Å². The molecular formula is C13H12N4O. The summed E-state index contributed by atoms with van der Waals surface area (Å²) in [5, 5.41) is 0. The molecule has 90 valence electrons. The van der Waals surface area contributed by atoms with Crippen molar-refractivity contribution in [2.24, 2.45) is 0 Å². The Kier molecular flexibility index (Phi) is 2.26.